The predicted molar refractivity (Wildman–Crippen MR) is 68.2 cm³/mol. The van der Waals surface area contributed by atoms with Crippen LogP contribution < -0.4 is 0 Å². The second-order valence-electron chi connectivity index (χ2n) is 5.05. The molecular weight excluding hydrogens is 242 g/mol. The number of aromatic nitrogens is 4. The highest BCUT2D eigenvalue weighted by atomic mass is 16.5. The lowest BCUT2D eigenvalue weighted by atomic mass is 10.2. The molecule has 0 saturated heterocycles. The van der Waals surface area contributed by atoms with Crippen LogP contribution >= 0.6 is 0 Å². The zero-order chi connectivity index (χ0) is 13.2. The van der Waals surface area contributed by atoms with Crippen molar-refractivity contribution >= 4 is 0 Å². The normalized spacial score (nSPS) is 16.8. The summed E-state index contributed by atoms with van der Waals surface area (Å²) in [6.07, 6.45) is 5.69. The first-order chi connectivity index (χ1) is 9.24. The minimum absolute atomic E-state index is 0.180. The van der Waals surface area contributed by atoms with E-state index >= 15 is 0 Å². The third-order valence-electron chi connectivity index (χ3n) is 3.50. The van der Waals surface area contributed by atoms with Crippen molar-refractivity contribution in [1.29, 1.82) is 0 Å². The van der Waals surface area contributed by atoms with E-state index in [0.717, 1.165) is 11.5 Å². The number of hydrogen-bond donors (Lipinski definition) is 0. The summed E-state index contributed by atoms with van der Waals surface area (Å²) in [7, 11) is 2.02. The van der Waals surface area contributed by atoms with Crippen LogP contribution in [-0.4, -0.2) is 32.1 Å². The van der Waals surface area contributed by atoms with Crippen molar-refractivity contribution in [3.05, 3.63) is 36.0 Å². The van der Waals surface area contributed by atoms with Gasteiger partial charge in [0.1, 0.15) is 6.33 Å². The van der Waals surface area contributed by atoms with E-state index in [1.165, 1.54) is 12.8 Å². The van der Waals surface area contributed by atoms with Crippen LogP contribution in [0.1, 0.15) is 49.1 Å². The summed E-state index contributed by atoms with van der Waals surface area (Å²) in [5, 5.41) is 4.02. The Balaban J connectivity index is 1.64. The molecule has 0 aliphatic heterocycles. The maximum atomic E-state index is 5.29. The van der Waals surface area contributed by atoms with Crippen LogP contribution in [-0.2, 0) is 6.54 Å². The Morgan fingerprint density at radius 3 is 3.00 bits per heavy atom. The van der Waals surface area contributed by atoms with Crippen LogP contribution in [0.2, 0.25) is 0 Å². The van der Waals surface area contributed by atoms with E-state index in [4.69, 9.17) is 4.52 Å². The highest BCUT2D eigenvalue weighted by Crippen LogP contribution is 2.38. The Morgan fingerprint density at radius 1 is 1.47 bits per heavy atom. The fraction of sp³-hybridized carbons (Fsp3) is 0.538. The smallest absolute Gasteiger partial charge is 0.240 e. The summed E-state index contributed by atoms with van der Waals surface area (Å²) in [6, 6.07) is 2.10. The lowest BCUT2D eigenvalue weighted by Crippen LogP contribution is -2.22. The second kappa shape index (κ2) is 5.05. The highest BCUT2D eigenvalue weighted by Gasteiger charge is 2.29. The van der Waals surface area contributed by atoms with E-state index in [2.05, 4.69) is 31.9 Å². The average molecular weight is 259 g/mol. The van der Waals surface area contributed by atoms with Gasteiger partial charge >= 0.3 is 0 Å². The van der Waals surface area contributed by atoms with Crippen molar-refractivity contribution in [3.8, 4) is 0 Å². The minimum Gasteiger partial charge on any atom is -0.338 e. The molecule has 2 aromatic heterocycles. The number of hydrogen-bond acceptors (Lipinski definition) is 6. The highest BCUT2D eigenvalue weighted by molar-refractivity contribution is 5.05. The molecule has 1 saturated carbocycles. The number of rotatable bonds is 5. The molecule has 1 aliphatic rings. The molecule has 0 spiro atoms. The SMILES string of the molecule is C[C@@H](c1ccncn1)N(C)Cc1nc(C2CC2)no1. The standard InChI is InChI=1S/C13H17N5O/c1-9(11-5-6-14-8-15-11)18(2)7-12-16-13(17-19-12)10-3-4-10/h5-6,8-10H,3-4,7H2,1-2H3/t9-/m0/s1. The molecule has 0 unspecified atom stereocenters. The molecule has 1 fully saturated rings. The Labute approximate surface area is 111 Å². The van der Waals surface area contributed by atoms with Gasteiger partial charge in [-0.15, -0.1) is 0 Å². The first kappa shape index (κ1) is 12.2. The molecule has 0 N–H and O–H groups in total. The molecule has 1 aliphatic carbocycles. The van der Waals surface area contributed by atoms with E-state index in [1.807, 2.05) is 13.1 Å². The van der Waals surface area contributed by atoms with Crippen molar-refractivity contribution in [1.82, 2.24) is 25.0 Å². The molecule has 6 heteroatoms. The van der Waals surface area contributed by atoms with Gasteiger partial charge in [0, 0.05) is 18.2 Å². The average Bonchev–Trinajstić information content (AvgIpc) is 3.20. The summed E-state index contributed by atoms with van der Waals surface area (Å²) in [5.74, 6) is 2.06. The molecular formula is C13H17N5O. The largest absolute Gasteiger partial charge is 0.338 e. The van der Waals surface area contributed by atoms with Gasteiger partial charge in [-0.1, -0.05) is 5.16 Å². The predicted octanol–water partition coefficient (Wildman–Crippen LogP) is 1.93. The van der Waals surface area contributed by atoms with Gasteiger partial charge in [-0.2, -0.15) is 4.98 Å². The zero-order valence-electron chi connectivity index (χ0n) is 11.2. The van der Waals surface area contributed by atoms with Crippen LogP contribution in [0.3, 0.4) is 0 Å². The van der Waals surface area contributed by atoms with Crippen LogP contribution in [0.15, 0.2) is 23.1 Å². The molecule has 100 valence electrons. The van der Waals surface area contributed by atoms with Crippen molar-refractivity contribution in [2.24, 2.45) is 0 Å². The third-order valence-corrected chi connectivity index (χ3v) is 3.50. The molecule has 6 nitrogen and oxygen atoms in total. The molecule has 0 radical (unpaired) electrons. The van der Waals surface area contributed by atoms with Gasteiger partial charge in [-0.25, -0.2) is 9.97 Å². The first-order valence-corrected chi connectivity index (χ1v) is 6.52. The monoisotopic (exact) mass is 259 g/mol. The molecule has 3 rings (SSSR count). The van der Waals surface area contributed by atoms with E-state index < -0.39 is 0 Å². The first-order valence-electron chi connectivity index (χ1n) is 6.52. The van der Waals surface area contributed by atoms with E-state index in [1.54, 1.807) is 12.5 Å². The maximum absolute atomic E-state index is 5.29. The van der Waals surface area contributed by atoms with Crippen LogP contribution in [0.5, 0.6) is 0 Å². The summed E-state index contributed by atoms with van der Waals surface area (Å²) in [4.78, 5) is 14.8. The quantitative estimate of drug-likeness (QED) is 0.817. The molecule has 19 heavy (non-hydrogen) atoms. The molecule has 0 bridgehead atoms. The van der Waals surface area contributed by atoms with Gasteiger partial charge in [0.25, 0.3) is 0 Å². The van der Waals surface area contributed by atoms with E-state index in [-0.39, 0.29) is 6.04 Å². The van der Waals surface area contributed by atoms with Gasteiger partial charge in [-0.3, -0.25) is 4.90 Å². The van der Waals surface area contributed by atoms with E-state index in [9.17, 15) is 0 Å². The van der Waals surface area contributed by atoms with Gasteiger partial charge in [0.2, 0.25) is 5.89 Å². The van der Waals surface area contributed by atoms with Gasteiger partial charge in [-0.05, 0) is 32.9 Å². The lowest BCUT2D eigenvalue weighted by molar-refractivity contribution is 0.213. The molecule has 0 amide bonds. The topological polar surface area (TPSA) is 67.9 Å². The van der Waals surface area contributed by atoms with Crippen molar-refractivity contribution in [2.75, 3.05) is 7.05 Å². The summed E-state index contributed by atoms with van der Waals surface area (Å²) < 4.78 is 5.29. The fourth-order valence-corrected chi connectivity index (χ4v) is 1.96. The van der Waals surface area contributed by atoms with Gasteiger partial charge < -0.3 is 4.52 Å². The van der Waals surface area contributed by atoms with Crippen molar-refractivity contribution < 1.29 is 4.52 Å². The maximum Gasteiger partial charge on any atom is 0.240 e. The fourth-order valence-electron chi connectivity index (χ4n) is 1.96. The van der Waals surface area contributed by atoms with E-state index in [0.29, 0.717) is 18.4 Å². The minimum atomic E-state index is 0.180. The summed E-state index contributed by atoms with van der Waals surface area (Å²) in [5.41, 5.74) is 0.986. The third kappa shape index (κ3) is 2.78. The Hall–Kier alpha value is -1.82. The van der Waals surface area contributed by atoms with Crippen LogP contribution in [0, 0.1) is 0 Å². The molecule has 2 aromatic rings. The van der Waals surface area contributed by atoms with Crippen LogP contribution in [0.4, 0.5) is 0 Å². The molecule has 2 heterocycles. The summed E-state index contributed by atoms with van der Waals surface area (Å²) in [6.45, 7) is 2.73. The Bertz CT molecular complexity index is 537. The van der Waals surface area contributed by atoms with Crippen molar-refractivity contribution in [3.63, 3.8) is 0 Å². The van der Waals surface area contributed by atoms with Crippen LogP contribution in [0.25, 0.3) is 0 Å². The summed E-state index contributed by atoms with van der Waals surface area (Å²) >= 11 is 0. The Morgan fingerprint density at radius 2 is 2.32 bits per heavy atom. The molecule has 0 aromatic carbocycles. The molecule has 1 atom stereocenters. The second-order valence-corrected chi connectivity index (χ2v) is 5.05. The lowest BCUT2D eigenvalue weighted by Gasteiger charge is -2.22. The van der Waals surface area contributed by atoms with Crippen molar-refractivity contribution in [2.45, 2.75) is 38.3 Å². The van der Waals surface area contributed by atoms with Gasteiger partial charge in [0.05, 0.1) is 12.2 Å². The van der Waals surface area contributed by atoms with Gasteiger partial charge in [0.15, 0.2) is 5.82 Å². The zero-order valence-corrected chi connectivity index (χ0v) is 11.2. The Kier molecular flexibility index (Phi) is 3.25. The number of nitrogens with zero attached hydrogens (tertiary/aromatic N) is 5.